The van der Waals surface area contributed by atoms with Gasteiger partial charge in [0.2, 0.25) is 5.88 Å². The second-order valence-electron chi connectivity index (χ2n) is 4.66. The zero-order valence-corrected chi connectivity index (χ0v) is 11.3. The van der Waals surface area contributed by atoms with E-state index in [-0.39, 0.29) is 6.10 Å². The zero-order chi connectivity index (χ0) is 13.1. The standard InChI is InChI=1S/C12H22N4O2/c1-9-11(12(17-3)15(2)14-9)8-16-4-5-18-10(6-13)7-16/h10H,4-8,13H2,1-3H3. The van der Waals surface area contributed by atoms with Crippen LogP contribution < -0.4 is 10.5 Å². The molecule has 1 aromatic rings. The third kappa shape index (κ3) is 2.66. The van der Waals surface area contributed by atoms with Crippen LogP contribution in [-0.4, -0.2) is 54.1 Å². The highest BCUT2D eigenvalue weighted by Gasteiger charge is 2.22. The molecular formula is C12H22N4O2. The van der Waals surface area contributed by atoms with Gasteiger partial charge in [0.05, 0.1) is 31.1 Å². The van der Waals surface area contributed by atoms with Crippen LogP contribution in [0, 0.1) is 6.92 Å². The molecule has 1 unspecified atom stereocenters. The molecule has 6 nitrogen and oxygen atoms in total. The molecule has 1 aromatic heterocycles. The molecule has 18 heavy (non-hydrogen) atoms. The molecule has 1 atom stereocenters. The van der Waals surface area contributed by atoms with Gasteiger partial charge in [-0.2, -0.15) is 5.10 Å². The van der Waals surface area contributed by atoms with E-state index in [0.29, 0.717) is 6.54 Å². The van der Waals surface area contributed by atoms with Crippen LogP contribution in [0.2, 0.25) is 0 Å². The molecule has 1 saturated heterocycles. The second kappa shape index (κ2) is 5.69. The lowest BCUT2D eigenvalue weighted by molar-refractivity contribution is -0.0262. The van der Waals surface area contributed by atoms with Crippen molar-refractivity contribution in [2.75, 3.05) is 33.4 Å². The highest BCUT2D eigenvalue weighted by Crippen LogP contribution is 2.23. The van der Waals surface area contributed by atoms with Crippen molar-refractivity contribution < 1.29 is 9.47 Å². The Morgan fingerprint density at radius 1 is 1.56 bits per heavy atom. The average molecular weight is 254 g/mol. The van der Waals surface area contributed by atoms with Crippen LogP contribution >= 0.6 is 0 Å². The van der Waals surface area contributed by atoms with Crippen molar-refractivity contribution in [3.63, 3.8) is 0 Å². The fourth-order valence-electron chi connectivity index (χ4n) is 2.41. The van der Waals surface area contributed by atoms with Crippen molar-refractivity contribution in [1.82, 2.24) is 14.7 Å². The molecular weight excluding hydrogens is 232 g/mol. The third-order valence-electron chi connectivity index (χ3n) is 3.35. The summed E-state index contributed by atoms with van der Waals surface area (Å²) in [5.41, 5.74) is 7.83. The maximum atomic E-state index is 5.66. The summed E-state index contributed by atoms with van der Waals surface area (Å²) >= 11 is 0. The fraction of sp³-hybridized carbons (Fsp3) is 0.750. The summed E-state index contributed by atoms with van der Waals surface area (Å²) in [4.78, 5) is 2.34. The number of methoxy groups -OCH3 is 1. The Bertz CT molecular complexity index is 405. The molecule has 0 aromatic carbocycles. The van der Waals surface area contributed by atoms with Crippen LogP contribution in [0.3, 0.4) is 0 Å². The first-order valence-corrected chi connectivity index (χ1v) is 6.26. The van der Waals surface area contributed by atoms with Crippen LogP contribution in [0.1, 0.15) is 11.3 Å². The third-order valence-corrected chi connectivity index (χ3v) is 3.35. The lowest BCUT2D eigenvalue weighted by atomic mass is 10.2. The van der Waals surface area contributed by atoms with Crippen molar-refractivity contribution in [3.05, 3.63) is 11.3 Å². The predicted molar refractivity (Wildman–Crippen MR) is 68.6 cm³/mol. The summed E-state index contributed by atoms with van der Waals surface area (Å²) in [7, 11) is 3.58. The monoisotopic (exact) mass is 254 g/mol. The minimum Gasteiger partial charge on any atom is -0.481 e. The number of hydrogen-bond donors (Lipinski definition) is 1. The number of aryl methyl sites for hydroxylation is 2. The van der Waals surface area contributed by atoms with Gasteiger partial charge in [0, 0.05) is 33.2 Å². The average Bonchev–Trinajstić information content (AvgIpc) is 2.64. The summed E-state index contributed by atoms with van der Waals surface area (Å²) in [6, 6.07) is 0. The van der Waals surface area contributed by atoms with E-state index < -0.39 is 0 Å². The van der Waals surface area contributed by atoms with E-state index in [0.717, 1.165) is 43.4 Å². The van der Waals surface area contributed by atoms with Crippen molar-refractivity contribution in [2.24, 2.45) is 12.8 Å². The first-order chi connectivity index (χ1) is 8.65. The Morgan fingerprint density at radius 3 is 3.00 bits per heavy atom. The highest BCUT2D eigenvalue weighted by molar-refractivity contribution is 5.30. The molecule has 0 amide bonds. The van der Waals surface area contributed by atoms with Crippen molar-refractivity contribution in [1.29, 1.82) is 0 Å². The molecule has 0 spiro atoms. The first-order valence-electron chi connectivity index (χ1n) is 6.26. The Balaban J connectivity index is 2.09. The topological polar surface area (TPSA) is 65.5 Å². The number of morpholine rings is 1. The van der Waals surface area contributed by atoms with Crippen LogP contribution in [-0.2, 0) is 18.3 Å². The molecule has 0 saturated carbocycles. The van der Waals surface area contributed by atoms with Crippen molar-refractivity contribution in [3.8, 4) is 5.88 Å². The van der Waals surface area contributed by atoms with E-state index in [1.807, 2.05) is 14.0 Å². The maximum absolute atomic E-state index is 5.66. The molecule has 2 rings (SSSR count). The Morgan fingerprint density at radius 2 is 2.33 bits per heavy atom. The quantitative estimate of drug-likeness (QED) is 0.812. The molecule has 0 radical (unpaired) electrons. The number of nitrogens with two attached hydrogens (primary N) is 1. The normalized spacial score (nSPS) is 21.2. The molecule has 1 aliphatic heterocycles. The van der Waals surface area contributed by atoms with Crippen LogP contribution in [0.5, 0.6) is 5.88 Å². The minimum absolute atomic E-state index is 0.140. The number of aromatic nitrogens is 2. The maximum Gasteiger partial charge on any atom is 0.216 e. The Hall–Kier alpha value is -1.11. The Labute approximate surface area is 108 Å². The van der Waals surface area contributed by atoms with Crippen molar-refractivity contribution in [2.45, 2.75) is 19.6 Å². The van der Waals surface area contributed by atoms with Gasteiger partial charge in [-0.25, -0.2) is 4.68 Å². The molecule has 0 aliphatic carbocycles. The highest BCUT2D eigenvalue weighted by atomic mass is 16.5. The smallest absolute Gasteiger partial charge is 0.216 e. The molecule has 1 aliphatic rings. The summed E-state index contributed by atoms with van der Waals surface area (Å²) < 4.78 is 12.8. The van der Waals surface area contributed by atoms with Crippen LogP contribution in [0.25, 0.3) is 0 Å². The van der Waals surface area contributed by atoms with Crippen molar-refractivity contribution >= 4 is 0 Å². The SMILES string of the molecule is COc1c(CN2CCOC(CN)C2)c(C)nn1C. The van der Waals surface area contributed by atoms with E-state index in [1.165, 1.54) is 0 Å². The summed E-state index contributed by atoms with van der Waals surface area (Å²) in [5.74, 6) is 0.836. The molecule has 0 bridgehead atoms. The molecule has 6 heteroatoms. The largest absolute Gasteiger partial charge is 0.481 e. The number of rotatable bonds is 4. The van der Waals surface area contributed by atoms with Crippen LogP contribution in [0.15, 0.2) is 0 Å². The van der Waals surface area contributed by atoms with Gasteiger partial charge in [-0.15, -0.1) is 0 Å². The van der Waals surface area contributed by atoms with Gasteiger partial charge < -0.3 is 15.2 Å². The first kappa shape index (κ1) is 13.3. The van der Waals surface area contributed by atoms with Gasteiger partial charge in [0.25, 0.3) is 0 Å². The van der Waals surface area contributed by atoms with Gasteiger partial charge in [0.1, 0.15) is 0 Å². The molecule has 2 heterocycles. The van der Waals surface area contributed by atoms with E-state index >= 15 is 0 Å². The predicted octanol–water partition coefficient (Wildman–Crippen LogP) is -0.103. The minimum atomic E-state index is 0.140. The lowest BCUT2D eigenvalue weighted by Crippen LogP contribution is -2.45. The molecule has 102 valence electrons. The lowest BCUT2D eigenvalue weighted by Gasteiger charge is -2.32. The summed E-state index contributed by atoms with van der Waals surface area (Å²) in [5, 5.41) is 4.40. The number of nitrogens with zero attached hydrogens (tertiary/aromatic N) is 3. The van der Waals surface area contributed by atoms with E-state index in [2.05, 4.69) is 10.00 Å². The molecule has 1 fully saturated rings. The fourth-order valence-corrected chi connectivity index (χ4v) is 2.41. The molecule has 2 N–H and O–H groups in total. The number of ether oxygens (including phenoxy) is 2. The van der Waals surface area contributed by atoms with Gasteiger partial charge >= 0.3 is 0 Å². The van der Waals surface area contributed by atoms with Crippen LogP contribution in [0.4, 0.5) is 0 Å². The number of hydrogen-bond acceptors (Lipinski definition) is 5. The summed E-state index contributed by atoms with van der Waals surface area (Å²) in [6.45, 7) is 5.95. The van der Waals surface area contributed by atoms with Gasteiger partial charge in [-0.3, -0.25) is 4.90 Å². The van der Waals surface area contributed by atoms with E-state index in [4.69, 9.17) is 15.2 Å². The summed E-state index contributed by atoms with van der Waals surface area (Å²) in [6.07, 6.45) is 0.140. The Kier molecular flexibility index (Phi) is 4.21. The zero-order valence-electron chi connectivity index (χ0n) is 11.3. The van der Waals surface area contributed by atoms with Gasteiger partial charge in [0.15, 0.2) is 0 Å². The van der Waals surface area contributed by atoms with Gasteiger partial charge in [-0.1, -0.05) is 0 Å². The second-order valence-corrected chi connectivity index (χ2v) is 4.66. The van der Waals surface area contributed by atoms with E-state index in [1.54, 1.807) is 11.8 Å². The van der Waals surface area contributed by atoms with Gasteiger partial charge in [-0.05, 0) is 6.92 Å². The van der Waals surface area contributed by atoms with E-state index in [9.17, 15) is 0 Å².